The van der Waals surface area contributed by atoms with Crippen molar-refractivity contribution in [3.8, 4) is 0 Å². The van der Waals surface area contributed by atoms with Gasteiger partial charge in [0.1, 0.15) is 5.54 Å². The largest absolute Gasteiger partial charge is 0.349 e. The highest BCUT2D eigenvalue weighted by Crippen LogP contribution is 2.58. The predicted octanol–water partition coefficient (Wildman–Crippen LogP) is 0.799. The highest BCUT2D eigenvalue weighted by Gasteiger charge is 2.64. The third-order valence-electron chi connectivity index (χ3n) is 5.87. The summed E-state index contributed by atoms with van der Waals surface area (Å²) in [6.07, 6.45) is 6.79. The summed E-state index contributed by atoms with van der Waals surface area (Å²) < 4.78 is 0. The first-order chi connectivity index (χ1) is 7.47. The van der Waals surface area contributed by atoms with Crippen LogP contribution in [0, 0.1) is 23.7 Å². The summed E-state index contributed by atoms with van der Waals surface area (Å²) in [7, 11) is 0. The van der Waals surface area contributed by atoms with E-state index in [-0.39, 0.29) is 5.54 Å². The first kappa shape index (κ1) is 10.7. The first-order valence-corrected chi connectivity index (χ1v) is 6.59. The Bertz CT molecular complexity index is 293. The maximum atomic E-state index is 6.38. The highest BCUT2D eigenvalue weighted by molar-refractivity contribution is 5.28. The Hall–Kier alpha value is -0.410. The van der Waals surface area contributed by atoms with E-state index >= 15 is 0 Å². The van der Waals surface area contributed by atoms with E-state index in [2.05, 4.69) is 17.4 Å². The van der Waals surface area contributed by atoms with E-state index in [1.165, 1.54) is 32.1 Å². The van der Waals surface area contributed by atoms with Crippen LogP contribution in [0.4, 0.5) is 0 Å². The molecular formula is C13H24N3+. The number of nitrogens with two attached hydrogens (primary N) is 1. The number of quaternary nitrogens is 1. The molecule has 0 aromatic heterocycles. The van der Waals surface area contributed by atoms with Gasteiger partial charge in [0.25, 0.3) is 0 Å². The fourth-order valence-corrected chi connectivity index (χ4v) is 5.00. The fourth-order valence-electron chi connectivity index (χ4n) is 5.00. The van der Waals surface area contributed by atoms with Gasteiger partial charge < -0.3 is 11.5 Å². The molecule has 16 heavy (non-hydrogen) atoms. The van der Waals surface area contributed by atoms with Gasteiger partial charge in [0.2, 0.25) is 0 Å². The van der Waals surface area contributed by atoms with Crippen molar-refractivity contribution in [2.24, 2.45) is 34.4 Å². The molecule has 4 fully saturated rings. The van der Waals surface area contributed by atoms with Crippen LogP contribution >= 0.6 is 0 Å². The second-order valence-electron chi connectivity index (χ2n) is 6.65. The van der Waals surface area contributed by atoms with E-state index < -0.39 is 5.66 Å². The summed E-state index contributed by atoms with van der Waals surface area (Å²) >= 11 is 0. The van der Waals surface area contributed by atoms with Crippen LogP contribution in [-0.4, -0.2) is 17.9 Å². The predicted molar refractivity (Wildman–Crippen MR) is 64.8 cm³/mol. The van der Waals surface area contributed by atoms with Gasteiger partial charge in [0.15, 0.2) is 5.66 Å². The molecule has 0 aliphatic heterocycles. The smallest absolute Gasteiger partial charge is 0.160 e. The van der Waals surface area contributed by atoms with Crippen LogP contribution in [0.5, 0.6) is 0 Å². The van der Waals surface area contributed by atoms with E-state index in [0.717, 1.165) is 11.8 Å². The van der Waals surface area contributed by atoms with E-state index in [4.69, 9.17) is 5.73 Å². The molecule has 0 radical (unpaired) electrons. The normalized spacial score (nSPS) is 53.7. The average molecular weight is 222 g/mol. The molecule has 1 atom stereocenters. The molecule has 0 aromatic rings. The number of nitrogens with zero attached hydrogens (tertiary/aromatic N) is 1. The fraction of sp³-hybridized carbons (Fsp3) is 0.923. The van der Waals surface area contributed by atoms with Gasteiger partial charge in [-0.2, -0.15) is 0 Å². The van der Waals surface area contributed by atoms with Crippen molar-refractivity contribution in [1.82, 2.24) is 0 Å². The van der Waals surface area contributed by atoms with Gasteiger partial charge in [-0.3, -0.25) is 4.99 Å². The third-order valence-corrected chi connectivity index (χ3v) is 5.87. The van der Waals surface area contributed by atoms with Crippen molar-refractivity contribution in [2.75, 3.05) is 0 Å². The Morgan fingerprint density at radius 1 is 1.19 bits per heavy atom. The number of hydrogen-bond acceptors (Lipinski definition) is 2. The standard InChI is InChI=1S/C13H23N3/c1-12(14,16-2)13(15)10-4-8-3-9(6-10)7-11(13)5-8/h8-11H,2-7,14-15H2,1H3/p+1. The molecule has 0 spiro atoms. The Balaban J connectivity index is 1.99. The van der Waals surface area contributed by atoms with Crippen LogP contribution in [0.25, 0.3) is 0 Å². The van der Waals surface area contributed by atoms with Crippen molar-refractivity contribution in [3.05, 3.63) is 0 Å². The minimum Gasteiger partial charge on any atom is -0.349 e. The maximum Gasteiger partial charge on any atom is 0.160 e. The monoisotopic (exact) mass is 222 g/mol. The molecule has 0 heterocycles. The molecule has 4 saturated carbocycles. The van der Waals surface area contributed by atoms with Gasteiger partial charge in [-0.05, 0) is 57.6 Å². The van der Waals surface area contributed by atoms with Gasteiger partial charge in [0.05, 0.1) is 0 Å². The van der Waals surface area contributed by atoms with Crippen LogP contribution in [0.3, 0.4) is 0 Å². The Morgan fingerprint density at radius 2 is 1.62 bits per heavy atom. The van der Waals surface area contributed by atoms with Crippen LogP contribution in [0.1, 0.15) is 39.0 Å². The molecule has 0 amide bonds. The maximum absolute atomic E-state index is 6.38. The summed E-state index contributed by atoms with van der Waals surface area (Å²) in [5.41, 5.74) is 10.3. The van der Waals surface area contributed by atoms with Crippen molar-refractivity contribution >= 4 is 6.72 Å². The third kappa shape index (κ3) is 1.13. The van der Waals surface area contributed by atoms with Crippen molar-refractivity contribution in [2.45, 2.75) is 50.2 Å². The van der Waals surface area contributed by atoms with Crippen LogP contribution < -0.4 is 11.5 Å². The molecule has 0 aromatic carbocycles. The summed E-state index contributed by atoms with van der Waals surface area (Å²) in [6.45, 7) is 5.72. The lowest BCUT2D eigenvalue weighted by atomic mass is 9.46. The number of rotatable bonds is 2. The highest BCUT2D eigenvalue weighted by atomic mass is 15.1. The van der Waals surface area contributed by atoms with Gasteiger partial charge in [-0.1, -0.05) is 0 Å². The zero-order valence-electron chi connectivity index (χ0n) is 10.3. The summed E-state index contributed by atoms with van der Waals surface area (Å²) in [5.74, 6) is 3.28. The van der Waals surface area contributed by atoms with Crippen LogP contribution in [-0.2, 0) is 0 Å². The number of aliphatic imine (C=N–C) groups is 1. The SMILES string of the molecule is C=NC(C)(N)C1([NH3+])C2CC3CC(C2)CC1C3. The molecule has 0 saturated heterocycles. The van der Waals surface area contributed by atoms with Gasteiger partial charge in [-0.15, -0.1) is 0 Å². The van der Waals surface area contributed by atoms with E-state index in [1.807, 2.05) is 6.92 Å². The topological polar surface area (TPSA) is 66.0 Å². The lowest BCUT2D eigenvalue weighted by Crippen LogP contribution is -2.91. The lowest BCUT2D eigenvalue weighted by Gasteiger charge is -2.60. The Labute approximate surface area is 97.7 Å². The molecule has 90 valence electrons. The first-order valence-electron chi connectivity index (χ1n) is 6.59. The lowest BCUT2D eigenvalue weighted by molar-refractivity contribution is -0.539. The molecule has 4 rings (SSSR count). The molecule has 4 aliphatic carbocycles. The molecule has 4 aliphatic rings. The number of hydrogen-bond donors (Lipinski definition) is 2. The van der Waals surface area contributed by atoms with E-state index in [0.29, 0.717) is 11.8 Å². The van der Waals surface area contributed by atoms with Gasteiger partial charge in [-0.25, -0.2) is 0 Å². The quantitative estimate of drug-likeness (QED) is 0.667. The molecular weight excluding hydrogens is 198 g/mol. The Kier molecular flexibility index (Phi) is 2.06. The Morgan fingerprint density at radius 3 is 2.00 bits per heavy atom. The second kappa shape index (κ2) is 3.08. The minimum atomic E-state index is -0.546. The molecule has 1 unspecified atom stereocenters. The van der Waals surface area contributed by atoms with Gasteiger partial charge >= 0.3 is 0 Å². The zero-order chi connectivity index (χ0) is 11.6. The van der Waals surface area contributed by atoms with Crippen molar-refractivity contribution in [1.29, 1.82) is 0 Å². The van der Waals surface area contributed by atoms with Crippen molar-refractivity contribution < 1.29 is 5.73 Å². The minimum absolute atomic E-state index is 0.0534. The molecule has 3 nitrogen and oxygen atoms in total. The second-order valence-corrected chi connectivity index (χ2v) is 6.65. The average Bonchev–Trinajstić information content (AvgIpc) is 2.24. The van der Waals surface area contributed by atoms with Crippen LogP contribution in [0.15, 0.2) is 4.99 Å². The van der Waals surface area contributed by atoms with Crippen molar-refractivity contribution in [3.63, 3.8) is 0 Å². The molecule has 3 heteroatoms. The van der Waals surface area contributed by atoms with Crippen LogP contribution in [0.2, 0.25) is 0 Å². The molecule has 5 N–H and O–H groups in total. The zero-order valence-corrected chi connectivity index (χ0v) is 10.3. The van der Waals surface area contributed by atoms with E-state index in [9.17, 15) is 0 Å². The summed E-state index contributed by atoms with van der Waals surface area (Å²) in [4.78, 5) is 4.20. The summed E-state index contributed by atoms with van der Waals surface area (Å²) in [5, 5.41) is 0. The van der Waals surface area contributed by atoms with Gasteiger partial charge in [0, 0.05) is 11.8 Å². The summed E-state index contributed by atoms with van der Waals surface area (Å²) in [6, 6.07) is 0. The van der Waals surface area contributed by atoms with E-state index in [1.54, 1.807) is 0 Å². The molecule has 4 bridgehead atoms.